The summed E-state index contributed by atoms with van der Waals surface area (Å²) < 4.78 is 25.0. The summed E-state index contributed by atoms with van der Waals surface area (Å²) in [4.78, 5) is 13.7. The minimum atomic E-state index is -3.81. The lowest BCUT2D eigenvalue weighted by atomic mass is 10.5. The molecule has 16 heavy (non-hydrogen) atoms. The molecule has 0 amide bonds. The molecule has 0 bridgehead atoms. The number of sulfonamides is 1. The van der Waals surface area contributed by atoms with Gasteiger partial charge in [0.15, 0.2) is 0 Å². The number of likely N-dealkylation sites (N-methyl/N-ethyl adjacent to an activating group) is 1. The van der Waals surface area contributed by atoms with Crippen LogP contribution in [0.5, 0.6) is 0 Å². The first-order valence-corrected chi connectivity index (χ1v) is 6.26. The molecule has 6 nitrogen and oxygen atoms in total. The Balaban J connectivity index is 3.21. The second-order valence-electron chi connectivity index (χ2n) is 3.09. The predicted octanol–water partition coefficient (Wildman–Crippen LogP) is -0.622. The number of H-pyrrole nitrogens is 1. The van der Waals surface area contributed by atoms with Gasteiger partial charge in [0, 0.05) is 31.5 Å². The van der Waals surface area contributed by atoms with E-state index >= 15 is 0 Å². The van der Waals surface area contributed by atoms with Gasteiger partial charge in [-0.05, 0) is 0 Å². The number of hydrogen-bond acceptors (Lipinski definition) is 4. The lowest BCUT2D eigenvalue weighted by Crippen LogP contribution is -2.35. The van der Waals surface area contributed by atoms with E-state index in [0.29, 0.717) is 0 Å². The molecule has 1 heterocycles. The number of aliphatic hydroxyl groups is 1. The van der Waals surface area contributed by atoms with Gasteiger partial charge in [0.05, 0.1) is 6.61 Å². The number of aliphatic hydroxyl groups excluding tert-OH is 1. The number of nitrogens with zero attached hydrogens (tertiary/aromatic N) is 1. The van der Waals surface area contributed by atoms with Crippen LogP contribution >= 0.6 is 0 Å². The van der Waals surface area contributed by atoms with E-state index in [-0.39, 0.29) is 24.6 Å². The Morgan fingerprint density at radius 3 is 2.69 bits per heavy atom. The van der Waals surface area contributed by atoms with Crippen LogP contribution in [0.2, 0.25) is 0 Å². The zero-order valence-corrected chi connectivity index (χ0v) is 9.70. The first-order chi connectivity index (χ1) is 7.54. The van der Waals surface area contributed by atoms with Crippen molar-refractivity contribution in [3.63, 3.8) is 0 Å². The van der Waals surface area contributed by atoms with Gasteiger partial charge in [-0.1, -0.05) is 6.92 Å². The van der Waals surface area contributed by atoms with E-state index in [2.05, 4.69) is 4.98 Å². The molecule has 0 fully saturated rings. The third-order valence-electron chi connectivity index (χ3n) is 2.11. The van der Waals surface area contributed by atoms with Gasteiger partial charge in [-0.2, -0.15) is 4.31 Å². The standard InChI is InChI=1S/C9H14N2O4S/c1-2-11(5-6-12)16(14,15)9-7-10-4-3-8(9)13/h3-4,7,12H,2,5-6H2,1H3,(H,10,13). The van der Waals surface area contributed by atoms with Gasteiger partial charge >= 0.3 is 0 Å². The SMILES string of the molecule is CCN(CCO)S(=O)(=O)c1c[nH]ccc1=O. The van der Waals surface area contributed by atoms with Gasteiger partial charge in [-0.25, -0.2) is 8.42 Å². The highest BCUT2D eigenvalue weighted by Gasteiger charge is 2.24. The Morgan fingerprint density at radius 1 is 1.50 bits per heavy atom. The highest BCUT2D eigenvalue weighted by Crippen LogP contribution is 2.09. The fraction of sp³-hybridized carbons (Fsp3) is 0.444. The average molecular weight is 246 g/mol. The average Bonchev–Trinajstić information content (AvgIpc) is 2.26. The summed E-state index contributed by atoms with van der Waals surface area (Å²) in [5.41, 5.74) is -0.560. The predicted molar refractivity (Wildman–Crippen MR) is 58.6 cm³/mol. The fourth-order valence-corrected chi connectivity index (χ4v) is 2.78. The summed E-state index contributed by atoms with van der Waals surface area (Å²) in [5.74, 6) is 0. The normalized spacial score (nSPS) is 11.9. The quantitative estimate of drug-likeness (QED) is 0.724. The van der Waals surface area contributed by atoms with Crippen LogP contribution in [0.25, 0.3) is 0 Å². The third-order valence-corrected chi connectivity index (χ3v) is 4.10. The van der Waals surface area contributed by atoms with Gasteiger partial charge < -0.3 is 10.1 Å². The van der Waals surface area contributed by atoms with Crippen LogP contribution in [0.3, 0.4) is 0 Å². The monoisotopic (exact) mass is 246 g/mol. The largest absolute Gasteiger partial charge is 0.395 e. The summed E-state index contributed by atoms with van der Waals surface area (Å²) in [6, 6.07) is 1.15. The van der Waals surface area contributed by atoms with Crippen molar-refractivity contribution in [1.82, 2.24) is 9.29 Å². The third kappa shape index (κ3) is 2.49. The molecule has 2 N–H and O–H groups in total. The molecule has 0 atom stereocenters. The molecule has 1 aromatic rings. The number of pyridine rings is 1. The van der Waals surface area contributed by atoms with Crippen molar-refractivity contribution in [3.8, 4) is 0 Å². The molecule has 90 valence electrons. The molecule has 0 aliphatic rings. The van der Waals surface area contributed by atoms with Crippen molar-refractivity contribution >= 4 is 10.0 Å². The van der Waals surface area contributed by atoms with Crippen molar-refractivity contribution in [2.24, 2.45) is 0 Å². The van der Waals surface area contributed by atoms with Crippen LogP contribution in [0.1, 0.15) is 6.92 Å². The van der Waals surface area contributed by atoms with Crippen molar-refractivity contribution in [2.75, 3.05) is 19.7 Å². The second-order valence-corrected chi connectivity index (χ2v) is 5.00. The maximum absolute atomic E-state index is 12.0. The summed E-state index contributed by atoms with van der Waals surface area (Å²) in [6.07, 6.45) is 2.52. The second kappa shape index (κ2) is 5.24. The van der Waals surface area contributed by atoms with Crippen LogP contribution in [0, 0.1) is 0 Å². The van der Waals surface area contributed by atoms with E-state index in [1.54, 1.807) is 6.92 Å². The van der Waals surface area contributed by atoms with E-state index < -0.39 is 15.5 Å². The number of rotatable bonds is 5. The van der Waals surface area contributed by atoms with Crippen LogP contribution in [-0.2, 0) is 10.0 Å². The molecule has 0 spiro atoms. The van der Waals surface area contributed by atoms with Gasteiger partial charge in [0.1, 0.15) is 4.90 Å². The molecule has 7 heteroatoms. The highest BCUT2D eigenvalue weighted by molar-refractivity contribution is 7.89. The molecule has 0 aliphatic heterocycles. The lowest BCUT2D eigenvalue weighted by molar-refractivity contribution is 0.257. The van der Waals surface area contributed by atoms with E-state index in [4.69, 9.17) is 5.11 Å². The Morgan fingerprint density at radius 2 is 2.19 bits per heavy atom. The van der Waals surface area contributed by atoms with Crippen molar-refractivity contribution < 1.29 is 13.5 Å². The zero-order chi connectivity index (χ0) is 12.2. The fourth-order valence-electron chi connectivity index (χ4n) is 1.30. The topological polar surface area (TPSA) is 90.5 Å². The Labute approximate surface area is 93.6 Å². The summed E-state index contributed by atoms with van der Waals surface area (Å²) in [6.45, 7) is 1.55. The number of aromatic nitrogens is 1. The van der Waals surface area contributed by atoms with Gasteiger partial charge in [0.25, 0.3) is 0 Å². The molecule has 1 rings (SSSR count). The van der Waals surface area contributed by atoms with Gasteiger partial charge in [-0.3, -0.25) is 4.79 Å². The zero-order valence-electron chi connectivity index (χ0n) is 8.88. The molecule has 0 saturated carbocycles. The van der Waals surface area contributed by atoms with Gasteiger partial charge in [-0.15, -0.1) is 0 Å². The smallest absolute Gasteiger partial charge is 0.248 e. The Hall–Kier alpha value is -1.18. The number of hydrogen-bond donors (Lipinski definition) is 2. The molecule has 0 saturated heterocycles. The maximum Gasteiger partial charge on any atom is 0.248 e. The first-order valence-electron chi connectivity index (χ1n) is 4.82. The molecular weight excluding hydrogens is 232 g/mol. The first kappa shape index (κ1) is 12.9. The van der Waals surface area contributed by atoms with E-state index in [1.807, 2.05) is 0 Å². The van der Waals surface area contributed by atoms with Crippen LogP contribution in [0.4, 0.5) is 0 Å². The van der Waals surface area contributed by atoms with Crippen molar-refractivity contribution in [2.45, 2.75) is 11.8 Å². The lowest BCUT2D eigenvalue weighted by Gasteiger charge is -2.18. The van der Waals surface area contributed by atoms with Crippen molar-refractivity contribution in [1.29, 1.82) is 0 Å². The summed E-state index contributed by atoms with van der Waals surface area (Å²) in [7, 11) is -3.81. The Bertz CT molecular complexity index is 494. The van der Waals surface area contributed by atoms with Crippen LogP contribution in [0.15, 0.2) is 28.2 Å². The molecular formula is C9H14N2O4S. The van der Waals surface area contributed by atoms with E-state index in [0.717, 1.165) is 16.6 Å². The van der Waals surface area contributed by atoms with Crippen LogP contribution in [-0.4, -0.2) is 42.5 Å². The molecule has 1 aromatic heterocycles. The van der Waals surface area contributed by atoms with Gasteiger partial charge in [0.2, 0.25) is 15.5 Å². The maximum atomic E-state index is 12.0. The minimum absolute atomic E-state index is 0.0207. The molecule has 0 aromatic carbocycles. The number of nitrogens with one attached hydrogen (secondary N) is 1. The summed E-state index contributed by atoms with van der Waals surface area (Å²) >= 11 is 0. The van der Waals surface area contributed by atoms with Crippen molar-refractivity contribution in [3.05, 3.63) is 28.7 Å². The van der Waals surface area contributed by atoms with E-state index in [1.165, 1.54) is 6.20 Å². The molecule has 0 unspecified atom stereocenters. The highest BCUT2D eigenvalue weighted by atomic mass is 32.2. The Kier molecular flexibility index (Phi) is 4.22. The summed E-state index contributed by atoms with van der Waals surface area (Å²) in [5, 5.41) is 8.76. The van der Waals surface area contributed by atoms with Crippen LogP contribution < -0.4 is 5.43 Å². The minimum Gasteiger partial charge on any atom is -0.395 e. The van der Waals surface area contributed by atoms with E-state index in [9.17, 15) is 13.2 Å². The number of aromatic amines is 1. The molecule has 0 radical (unpaired) electrons. The molecule has 0 aliphatic carbocycles.